The number of benzene rings is 3. The minimum Gasteiger partial charge on any atom is -0.508 e. The van der Waals surface area contributed by atoms with Crippen LogP contribution < -0.4 is 10.6 Å². The zero-order valence-corrected chi connectivity index (χ0v) is 20.9. The molecule has 3 N–H and O–H groups in total. The molecule has 0 spiro atoms. The maximum atomic E-state index is 12.4. The molecule has 35 heavy (non-hydrogen) atoms. The van der Waals surface area contributed by atoms with Gasteiger partial charge in [0.25, 0.3) is 0 Å². The molecule has 3 aromatic carbocycles. The molecule has 0 aromatic heterocycles. The SMILES string of the molecule is CC(C)(C)OC(=O)Nc1cc(NC(=O)OC(C)(C)C)cc(-c2ccc(-c3ccc(O)cc3)cc2)c1. The highest BCUT2D eigenvalue weighted by Crippen LogP contribution is 2.30. The first kappa shape index (κ1) is 25.6. The van der Waals surface area contributed by atoms with Gasteiger partial charge in [-0.25, -0.2) is 9.59 Å². The van der Waals surface area contributed by atoms with Crippen LogP contribution in [0.3, 0.4) is 0 Å². The lowest BCUT2D eigenvalue weighted by molar-refractivity contribution is 0.0625. The van der Waals surface area contributed by atoms with Crippen LogP contribution in [0, 0.1) is 0 Å². The number of nitrogens with one attached hydrogen (secondary N) is 2. The van der Waals surface area contributed by atoms with Crippen molar-refractivity contribution in [2.75, 3.05) is 10.6 Å². The molecule has 0 unspecified atom stereocenters. The van der Waals surface area contributed by atoms with Crippen LogP contribution in [0.5, 0.6) is 5.75 Å². The lowest BCUT2D eigenvalue weighted by atomic mass is 9.99. The van der Waals surface area contributed by atoms with Crippen LogP contribution in [0.2, 0.25) is 0 Å². The van der Waals surface area contributed by atoms with Gasteiger partial charge in [-0.1, -0.05) is 36.4 Å². The Balaban J connectivity index is 1.91. The third-order valence-corrected chi connectivity index (χ3v) is 4.64. The fourth-order valence-corrected chi connectivity index (χ4v) is 3.29. The summed E-state index contributed by atoms with van der Waals surface area (Å²) < 4.78 is 10.7. The number of ether oxygens (including phenoxy) is 2. The number of anilines is 2. The second-order valence-electron chi connectivity index (χ2n) is 10.2. The Labute approximate surface area is 206 Å². The Bertz CT molecular complexity index is 1140. The molecular formula is C28H32N2O5. The Kier molecular flexibility index (Phi) is 7.39. The van der Waals surface area contributed by atoms with E-state index in [-0.39, 0.29) is 5.75 Å². The van der Waals surface area contributed by atoms with Crippen LogP contribution in [0.25, 0.3) is 22.3 Å². The molecule has 3 aromatic rings. The predicted octanol–water partition coefficient (Wildman–Crippen LogP) is 7.42. The molecule has 0 heterocycles. The second-order valence-corrected chi connectivity index (χ2v) is 10.2. The Hall–Kier alpha value is -4.00. The standard InChI is InChI=1S/C28H32N2O5/c1-27(2,3)34-25(32)29-22-15-21(16-23(17-22)30-26(33)35-28(4,5)6)20-9-7-18(8-10-20)19-11-13-24(31)14-12-19/h7-17,31H,1-6H3,(H,29,32)(H,30,33). The third kappa shape index (κ3) is 8.07. The molecule has 0 saturated heterocycles. The zero-order chi connectivity index (χ0) is 25.8. The number of carbonyl (C=O) groups excluding carboxylic acids is 2. The molecule has 2 amide bonds. The van der Waals surface area contributed by atoms with E-state index in [0.717, 1.165) is 22.3 Å². The molecule has 0 fully saturated rings. The summed E-state index contributed by atoms with van der Waals surface area (Å²) in [7, 11) is 0. The number of aromatic hydroxyl groups is 1. The molecule has 0 aliphatic rings. The van der Waals surface area contributed by atoms with Gasteiger partial charge in [-0.05, 0) is 94.1 Å². The number of hydrogen-bond donors (Lipinski definition) is 3. The summed E-state index contributed by atoms with van der Waals surface area (Å²) in [5.74, 6) is 0.213. The van der Waals surface area contributed by atoms with Crippen LogP contribution in [-0.2, 0) is 9.47 Å². The third-order valence-electron chi connectivity index (χ3n) is 4.64. The van der Waals surface area contributed by atoms with Crippen molar-refractivity contribution in [1.82, 2.24) is 0 Å². The molecule has 184 valence electrons. The van der Waals surface area contributed by atoms with E-state index in [1.807, 2.05) is 36.4 Å². The first-order valence-electron chi connectivity index (χ1n) is 11.3. The molecule has 3 rings (SSSR count). The van der Waals surface area contributed by atoms with E-state index < -0.39 is 23.4 Å². The highest BCUT2D eigenvalue weighted by Gasteiger charge is 2.19. The fraction of sp³-hybridized carbons (Fsp3) is 0.286. The molecule has 0 atom stereocenters. The summed E-state index contributed by atoms with van der Waals surface area (Å²) in [6.07, 6.45) is -1.19. The van der Waals surface area contributed by atoms with Gasteiger partial charge >= 0.3 is 12.2 Å². The molecule has 0 aliphatic carbocycles. The highest BCUT2D eigenvalue weighted by atomic mass is 16.6. The van der Waals surface area contributed by atoms with E-state index in [1.165, 1.54) is 0 Å². The second kappa shape index (κ2) is 10.1. The van der Waals surface area contributed by atoms with Crippen LogP contribution in [0.15, 0.2) is 66.7 Å². The first-order valence-corrected chi connectivity index (χ1v) is 11.3. The maximum Gasteiger partial charge on any atom is 0.412 e. The Morgan fingerprint density at radius 3 is 1.31 bits per heavy atom. The molecule has 7 heteroatoms. The molecule has 0 saturated carbocycles. The lowest BCUT2D eigenvalue weighted by Crippen LogP contribution is -2.28. The summed E-state index contributed by atoms with van der Waals surface area (Å²) in [5.41, 5.74) is 3.25. The van der Waals surface area contributed by atoms with Crippen LogP contribution >= 0.6 is 0 Å². The quantitative estimate of drug-likeness (QED) is 0.364. The van der Waals surface area contributed by atoms with Gasteiger partial charge in [0, 0.05) is 11.4 Å². The van der Waals surface area contributed by atoms with Gasteiger partial charge in [0.1, 0.15) is 17.0 Å². The van der Waals surface area contributed by atoms with Gasteiger partial charge in [0.15, 0.2) is 0 Å². The number of amides is 2. The van der Waals surface area contributed by atoms with E-state index >= 15 is 0 Å². The average molecular weight is 477 g/mol. The van der Waals surface area contributed by atoms with Crippen molar-refractivity contribution in [1.29, 1.82) is 0 Å². The largest absolute Gasteiger partial charge is 0.508 e. The van der Waals surface area contributed by atoms with Gasteiger partial charge in [0.05, 0.1) is 0 Å². The fourth-order valence-electron chi connectivity index (χ4n) is 3.29. The Morgan fingerprint density at radius 1 is 0.600 bits per heavy atom. The predicted molar refractivity (Wildman–Crippen MR) is 139 cm³/mol. The minimum atomic E-state index is -0.649. The summed E-state index contributed by atoms with van der Waals surface area (Å²) in [6, 6.07) is 20.1. The van der Waals surface area contributed by atoms with Gasteiger partial charge in [0.2, 0.25) is 0 Å². The van der Waals surface area contributed by atoms with E-state index in [4.69, 9.17) is 9.47 Å². The van der Waals surface area contributed by atoms with Gasteiger partial charge in [-0.15, -0.1) is 0 Å². The Morgan fingerprint density at radius 2 is 0.943 bits per heavy atom. The molecule has 0 radical (unpaired) electrons. The lowest BCUT2D eigenvalue weighted by Gasteiger charge is -2.21. The number of phenolic OH excluding ortho intramolecular Hbond substituents is 1. The number of phenols is 1. The molecule has 7 nitrogen and oxygen atoms in total. The van der Waals surface area contributed by atoms with Crippen molar-refractivity contribution in [3.8, 4) is 28.0 Å². The maximum absolute atomic E-state index is 12.4. The van der Waals surface area contributed by atoms with Gasteiger partial charge < -0.3 is 14.6 Å². The van der Waals surface area contributed by atoms with E-state index in [9.17, 15) is 14.7 Å². The smallest absolute Gasteiger partial charge is 0.412 e. The van der Waals surface area contributed by atoms with Crippen molar-refractivity contribution >= 4 is 23.6 Å². The van der Waals surface area contributed by atoms with Crippen molar-refractivity contribution in [3.05, 3.63) is 66.7 Å². The monoisotopic (exact) mass is 476 g/mol. The number of rotatable bonds is 4. The molecule has 0 aliphatic heterocycles. The van der Waals surface area contributed by atoms with Crippen LogP contribution in [0.4, 0.5) is 21.0 Å². The zero-order valence-electron chi connectivity index (χ0n) is 20.9. The average Bonchev–Trinajstić information content (AvgIpc) is 2.71. The number of carbonyl (C=O) groups is 2. The summed E-state index contributed by atoms with van der Waals surface area (Å²) >= 11 is 0. The van der Waals surface area contributed by atoms with E-state index in [0.29, 0.717) is 11.4 Å². The normalized spacial score (nSPS) is 11.5. The van der Waals surface area contributed by atoms with Crippen molar-refractivity contribution in [2.24, 2.45) is 0 Å². The van der Waals surface area contributed by atoms with Crippen LogP contribution in [-0.4, -0.2) is 28.5 Å². The summed E-state index contributed by atoms with van der Waals surface area (Å²) in [5, 5.41) is 15.0. The van der Waals surface area contributed by atoms with Gasteiger partial charge in [-0.2, -0.15) is 0 Å². The van der Waals surface area contributed by atoms with Crippen LogP contribution in [0.1, 0.15) is 41.5 Å². The molecular weight excluding hydrogens is 444 g/mol. The number of hydrogen-bond acceptors (Lipinski definition) is 5. The summed E-state index contributed by atoms with van der Waals surface area (Å²) in [6.45, 7) is 10.7. The van der Waals surface area contributed by atoms with Gasteiger partial charge in [-0.3, -0.25) is 10.6 Å². The first-order chi connectivity index (χ1) is 16.3. The topological polar surface area (TPSA) is 96.9 Å². The van der Waals surface area contributed by atoms with E-state index in [1.54, 1.807) is 71.9 Å². The van der Waals surface area contributed by atoms with Crippen molar-refractivity contribution in [3.63, 3.8) is 0 Å². The minimum absolute atomic E-state index is 0.213. The van der Waals surface area contributed by atoms with Crippen molar-refractivity contribution < 1.29 is 24.2 Å². The summed E-state index contributed by atoms with van der Waals surface area (Å²) in [4.78, 5) is 24.7. The highest BCUT2D eigenvalue weighted by molar-refractivity contribution is 5.91. The molecule has 0 bridgehead atoms. The van der Waals surface area contributed by atoms with Crippen molar-refractivity contribution in [2.45, 2.75) is 52.7 Å². The van der Waals surface area contributed by atoms with E-state index in [2.05, 4.69) is 10.6 Å².